The molecule has 18 heavy (non-hydrogen) atoms. The zero-order chi connectivity index (χ0) is 14.8. The lowest BCUT2D eigenvalue weighted by molar-refractivity contribution is 0.742. The van der Waals surface area contributed by atoms with Gasteiger partial charge in [0.05, 0.1) is 11.4 Å². The SMILES string of the molecule is CC.CC.CCCCC/C(=N/N)C(CCC)=NC. The Hall–Kier alpha value is -0.860. The lowest BCUT2D eigenvalue weighted by Gasteiger charge is -2.06. The Morgan fingerprint density at radius 2 is 1.39 bits per heavy atom. The molecule has 0 aromatic rings. The second-order valence-corrected chi connectivity index (χ2v) is 3.45. The lowest BCUT2D eigenvalue weighted by Crippen LogP contribution is -2.16. The molecule has 0 rings (SSSR count). The summed E-state index contributed by atoms with van der Waals surface area (Å²) in [6.45, 7) is 12.3. The van der Waals surface area contributed by atoms with Crippen LogP contribution in [-0.2, 0) is 0 Å². The minimum Gasteiger partial charge on any atom is -0.323 e. The second-order valence-electron chi connectivity index (χ2n) is 3.45. The highest BCUT2D eigenvalue weighted by Crippen LogP contribution is 2.05. The fourth-order valence-corrected chi connectivity index (χ4v) is 1.45. The summed E-state index contributed by atoms with van der Waals surface area (Å²) in [5.41, 5.74) is 2.06. The minimum absolute atomic E-state index is 0.969. The molecule has 110 valence electrons. The number of hydrogen-bond acceptors (Lipinski definition) is 3. The smallest absolute Gasteiger partial charge is 0.0810 e. The number of unbranched alkanes of at least 4 members (excludes halogenated alkanes) is 2. The van der Waals surface area contributed by atoms with E-state index in [0.717, 1.165) is 37.1 Å². The summed E-state index contributed by atoms with van der Waals surface area (Å²) >= 11 is 0. The number of nitrogens with two attached hydrogens (primary N) is 1. The van der Waals surface area contributed by atoms with Crippen molar-refractivity contribution in [1.82, 2.24) is 0 Å². The fraction of sp³-hybridized carbons (Fsp3) is 0.867. The van der Waals surface area contributed by atoms with Crippen molar-refractivity contribution < 1.29 is 0 Å². The van der Waals surface area contributed by atoms with Crippen LogP contribution in [0.1, 0.15) is 80.1 Å². The Morgan fingerprint density at radius 1 is 0.833 bits per heavy atom. The standard InChI is InChI=1S/C11H23N3.2C2H6/c1-4-6-7-9-11(14-12)10(13-3)8-5-2;2*1-2/h4-9,12H2,1-3H3;2*1-2H3/b13-10?,14-11-;;. The molecule has 0 saturated carbocycles. The summed E-state index contributed by atoms with van der Waals surface area (Å²) in [5.74, 6) is 5.37. The molecular weight excluding hydrogens is 222 g/mol. The van der Waals surface area contributed by atoms with Crippen LogP contribution in [0, 0.1) is 0 Å². The maximum atomic E-state index is 5.37. The van der Waals surface area contributed by atoms with Crippen LogP contribution in [0.15, 0.2) is 10.1 Å². The van der Waals surface area contributed by atoms with Crippen LogP contribution in [0.3, 0.4) is 0 Å². The summed E-state index contributed by atoms with van der Waals surface area (Å²) < 4.78 is 0. The zero-order valence-corrected chi connectivity index (χ0v) is 13.7. The van der Waals surface area contributed by atoms with E-state index in [1.807, 2.05) is 34.7 Å². The van der Waals surface area contributed by atoms with Crippen molar-refractivity contribution in [3.8, 4) is 0 Å². The number of hydrazone groups is 1. The Balaban J connectivity index is -0.000000506. The molecule has 3 heteroatoms. The number of rotatable bonds is 7. The predicted molar refractivity (Wildman–Crippen MR) is 86.7 cm³/mol. The van der Waals surface area contributed by atoms with Crippen LogP contribution in [0.2, 0.25) is 0 Å². The molecule has 0 radical (unpaired) electrons. The van der Waals surface area contributed by atoms with Crippen molar-refractivity contribution >= 4 is 11.4 Å². The maximum Gasteiger partial charge on any atom is 0.0810 e. The van der Waals surface area contributed by atoms with Crippen molar-refractivity contribution in [2.45, 2.75) is 80.1 Å². The van der Waals surface area contributed by atoms with Gasteiger partial charge in [0, 0.05) is 7.05 Å². The van der Waals surface area contributed by atoms with Gasteiger partial charge < -0.3 is 5.84 Å². The molecule has 2 N–H and O–H groups in total. The summed E-state index contributed by atoms with van der Waals surface area (Å²) in [4.78, 5) is 4.23. The first kappa shape index (κ1) is 22.3. The van der Waals surface area contributed by atoms with E-state index < -0.39 is 0 Å². The van der Waals surface area contributed by atoms with Gasteiger partial charge in [0.2, 0.25) is 0 Å². The number of aliphatic imine (C=N–C) groups is 1. The molecule has 0 unspecified atom stereocenters. The highest BCUT2D eigenvalue weighted by Gasteiger charge is 2.06. The summed E-state index contributed by atoms with van der Waals surface area (Å²) in [6.07, 6.45) is 6.68. The van der Waals surface area contributed by atoms with E-state index in [-0.39, 0.29) is 0 Å². The second kappa shape index (κ2) is 21.4. The Bertz CT molecular complexity index is 196. The van der Waals surface area contributed by atoms with E-state index in [9.17, 15) is 0 Å². The molecule has 0 saturated heterocycles. The molecule has 0 aromatic carbocycles. The normalized spacial score (nSPS) is 11.1. The fourth-order valence-electron chi connectivity index (χ4n) is 1.45. The molecule has 0 heterocycles. The third kappa shape index (κ3) is 13.2. The molecule has 0 aromatic heterocycles. The van der Waals surface area contributed by atoms with Gasteiger partial charge >= 0.3 is 0 Å². The van der Waals surface area contributed by atoms with Gasteiger partial charge in [-0.05, 0) is 19.3 Å². The van der Waals surface area contributed by atoms with Crippen LogP contribution in [0.25, 0.3) is 0 Å². The number of nitrogens with zero attached hydrogens (tertiary/aromatic N) is 2. The molecule has 3 nitrogen and oxygen atoms in total. The summed E-state index contributed by atoms with van der Waals surface area (Å²) in [7, 11) is 1.82. The van der Waals surface area contributed by atoms with E-state index >= 15 is 0 Å². The van der Waals surface area contributed by atoms with E-state index in [1.54, 1.807) is 0 Å². The molecule has 0 aliphatic carbocycles. The van der Waals surface area contributed by atoms with Crippen LogP contribution in [0.4, 0.5) is 0 Å². The van der Waals surface area contributed by atoms with Crippen molar-refractivity contribution in [3.63, 3.8) is 0 Å². The average Bonchev–Trinajstić information content (AvgIpc) is 2.46. The van der Waals surface area contributed by atoms with Crippen molar-refractivity contribution in [3.05, 3.63) is 0 Å². The molecule has 0 aliphatic heterocycles. The third-order valence-corrected chi connectivity index (χ3v) is 2.26. The zero-order valence-electron chi connectivity index (χ0n) is 13.7. The third-order valence-electron chi connectivity index (χ3n) is 2.26. The molecule has 0 fully saturated rings. The lowest BCUT2D eigenvalue weighted by atomic mass is 10.0. The molecule has 0 spiro atoms. The van der Waals surface area contributed by atoms with Gasteiger partial charge in [0.15, 0.2) is 0 Å². The van der Waals surface area contributed by atoms with Gasteiger partial charge in [-0.25, -0.2) is 0 Å². The topological polar surface area (TPSA) is 50.7 Å². The van der Waals surface area contributed by atoms with Crippen LogP contribution >= 0.6 is 0 Å². The van der Waals surface area contributed by atoms with E-state index in [4.69, 9.17) is 5.84 Å². The first-order valence-electron chi connectivity index (χ1n) is 7.52. The largest absolute Gasteiger partial charge is 0.323 e. The maximum absolute atomic E-state index is 5.37. The van der Waals surface area contributed by atoms with Gasteiger partial charge in [-0.1, -0.05) is 60.8 Å². The van der Waals surface area contributed by atoms with Crippen molar-refractivity contribution in [1.29, 1.82) is 0 Å². The van der Waals surface area contributed by atoms with Gasteiger partial charge in [-0.2, -0.15) is 5.10 Å². The van der Waals surface area contributed by atoms with E-state index in [0.29, 0.717) is 0 Å². The summed E-state index contributed by atoms with van der Waals surface area (Å²) in [6, 6.07) is 0. The van der Waals surface area contributed by atoms with Crippen molar-refractivity contribution in [2.24, 2.45) is 15.9 Å². The Morgan fingerprint density at radius 3 is 1.72 bits per heavy atom. The molecule has 0 bridgehead atoms. The Kier molecular flexibility index (Phi) is 26.6. The highest BCUT2D eigenvalue weighted by molar-refractivity contribution is 6.42. The Labute approximate surface area is 115 Å². The molecule has 0 aliphatic rings. The van der Waals surface area contributed by atoms with E-state index in [2.05, 4.69) is 23.9 Å². The quantitative estimate of drug-likeness (QED) is 0.303. The predicted octanol–water partition coefficient (Wildman–Crippen LogP) is 4.80. The van der Waals surface area contributed by atoms with Crippen LogP contribution in [0.5, 0.6) is 0 Å². The highest BCUT2D eigenvalue weighted by atomic mass is 15.1. The summed E-state index contributed by atoms with van der Waals surface area (Å²) in [5, 5.41) is 3.84. The minimum atomic E-state index is 0.969. The van der Waals surface area contributed by atoms with Gasteiger partial charge in [-0.3, -0.25) is 4.99 Å². The number of hydrogen-bond donors (Lipinski definition) is 1. The first-order valence-corrected chi connectivity index (χ1v) is 7.52. The van der Waals surface area contributed by atoms with Gasteiger partial charge in [-0.15, -0.1) is 0 Å². The molecule has 0 atom stereocenters. The molecule has 0 amide bonds. The van der Waals surface area contributed by atoms with Gasteiger partial charge in [0.25, 0.3) is 0 Å². The van der Waals surface area contributed by atoms with E-state index in [1.165, 1.54) is 12.8 Å². The van der Waals surface area contributed by atoms with Gasteiger partial charge in [0.1, 0.15) is 0 Å². The van der Waals surface area contributed by atoms with Crippen LogP contribution in [-0.4, -0.2) is 18.5 Å². The van der Waals surface area contributed by atoms with Crippen LogP contribution < -0.4 is 5.84 Å². The monoisotopic (exact) mass is 257 g/mol. The van der Waals surface area contributed by atoms with Crippen molar-refractivity contribution in [2.75, 3.05) is 7.05 Å². The molecular formula is C15H35N3. The average molecular weight is 257 g/mol. The first-order chi connectivity index (χ1) is 8.79.